The third-order valence-electron chi connectivity index (χ3n) is 6.33. The summed E-state index contributed by atoms with van der Waals surface area (Å²) in [7, 11) is 0. The number of aryl methyl sites for hydroxylation is 2. The number of aliphatic hydroxyl groups is 2. The minimum absolute atomic E-state index is 0.297. The van der Waals surface area contributed by atoms with Crippen molar-refractivity contribution in [3.05, 3.63) is 64.5 Å². The molecular formula is C23H28FNO3. The number of halogens is 1. The molecule has 2 N–H and O–H groups in total. The van der Waals surface area contributed by atoms with E-state index in [2.05, 4.69) is 18.7 Å². The molecular weight excluding hydrogens is 357 g/mol. The summed E-state index contributed by atoms with van der Waals surface area (Å²) in [4.78, 5) is 2.21. The molecule has 4 rings (SSSR count). The number of ether oxygens (including phenoxy) is 1. The number of rotatable bonds is 3. The highest BCUT2D eigenvalue weighted by molar-refractivity contribution is 5.45. The Hall–Kier alpha value is -1.95. The van der Waals surface area contributed by atoms with E-state index in [1.807, 2.05) is 12.1 Å². The smallest absolute Gasteiger partial charge is 0.126 e. The van der Waals surface area contributed by atoms with Crippen LogP contribution in [0.3, 0.4) is 0 Å². The van der Waals surface area contributed by atoms with Crippen LogP contribution in [0.15, 0.2) is 36.4 Å². The number of benzene rings is 2. The van der Waals surface area contributed by atoms with Crippen LogP contribution in [-0.4, -0.2) is 40.3 Å². The molecule has 5 heteroatoms. The third kappa shape index (κ3) is 3.79. The van der Waals surface area contributed by atoms with Crippen LogP contribution in [0, 0.1) is 19.7 Å². The van der Waals surface area contributed by atoms with E-state index >= 15 is 0 Å². The second-order valence-electron chi connectivity index (χ2n) is 8.35. The number of likely N-dealkylation sites (tertiary alicyclic amines) is 1. The van der Waals surface area contributed by atoms with E-state index in [1.165, 1.54) is 23.3 Å². The Morgan fingerprint density at radius 1 is 1.14 bits per heavy atom. The van der Waals surface area contributed by atoms with Crippen LogP contribution >= 0.6 is 0 Å². The van der Waals surface area contributed by atoms with E-state index in [-0.39, 0.29) is 11.4 Å². The molecule has 0 bridgehead atoms. The van der Waals surface area contributed by atoms with Gasteiger partial charge in [0.15, 0.2) is 0 Å². The van der Waals surface area contributed by atoms with Gasteiger partial charge in [0.1, 0.15) is 17.2 Å². The van der Waals surface area contributed by atoms with Gasteiger partial charge in [-0.1, -0.05) is 12.1 Å². The molecule has 0 aliphatic carbocycles. The van der Waals surface area contributed by atoms with Crippen molar-refractivity contribution < 1.29 is 19.3 Å². The molecule has 1 fully saturated rings. The van der Waals surface area contributed by atoms with Crippen LogP contribution < -0.4 is 4.74 Å². The van der Waals surface area contributed by atoms with Gasteiger partial charge in [0.25, 0.3) is 0 Å². The Morgan fingerprint density at radius 2 is 1.79 bits per heavy atom. The van der Waals surface area contributed by atoms with E-state index < -0.39 is 12.2 Å². The van der Waals surface area contributed by atoms with Crippen molar-refractivity contribution in [1.82, 2.24) is 4.90 Å². The maximum Gasteiger partial charge on any atom is 0.126 e. The molecule has 2 aliphatic heterocycles. The van der Waals surface area contributed by atoms with E-state index in [9.17, 15) is 14.6 Å². The van der Waals surface area contributed by atoms with Crippen molar-refractivity contribution in [2.75, 3.05) is 19.6 Å². The predicted octanol–water partition coefficient (Wildman–Crippen LogP) is 3.83. The van der Waals surface area contributed by atoms with Gasteiger partial charge in [0.2, 0.25) is 0 Å². The Kier molecular flexibility index (Phi) is 5.17. The summed E-state index contributed by atoms with van der Waals surface area (Å²) in [6.07, 6.45) is 1.09. The molecule has 2 aromatic carbocycles. The molecule has 2 atom stereocenters. The summed E-state index contributed by atoms with van der Waals surface area (Å²) in [6, 6.07) is 10.1. The topological polar surface area (TPSA) is 52.9 Å². The van der Waals surface area contributed by atoms with Gasteiger partial charge in [-0.15, -0.1) is 0 Å². The number of fused-ring (bicyclic) bond motifs is 1. The zero-order valence-electron chi connectivity index (χ0n) is 16.5. The largest absolute Gasteiger partial charge is 0.487 e. The standard InChI is InChI=1S/C23H28FNO3/c1-15-11-19-20(26)13-23(28-22(19)12-16(15)2)7-9-25(10-8-23)14-21(27)17-3-5-18(24)6-4-17/h3-6,11-12,20-21,26-27H,7-10,13-14H2,1-2H3/t20-,21+/m1/s1. The van der Waals surface area contributed by atoms with Crippen molar-refractivity contribution in [2.45, 2.75) is 50.9 Å². The molecule has 150 valence electrons. The van der Waals surface area contributed by atoms with Gasteiger partial charge in [0, 0.05) is 31.6 Å². The van der Waals surface area contributed by atoms with Gasteiger partial charge in [-0.3, -0.25) is 0 Å². The van der Waals surface area contributed by atoms with Crippen molar-refractivity contribution in [2.24, 2.45) is 0 Å². The predicted molar refractivity (Wildman–Crippen MR) is 106 cm³/mol. The normalized spacial score (nSPS) is 22.5. The molecule has 28 heavy (non-hydrogen) atoms. The van der Waals surface area contributed by atoms with Gasteiger partial charge in [-0.05, 0) is 67.6 Å². The number of nitrogens with zero attached hydrogens (tertiary/aromatic N) is 1. The Labute approximate surface area is 165 Å². The van der Waals surface area contributed by atoms with Gasteiger partial charge in [-0.2, -0.15) is 0 Å². The summed E-state index contributed by atoms with van der Waals surface area (Å²) in [5, 5.41) is 21.2. The van der Waals surface area contributed by atoms with Gasteiger partial charge in [-0.25, -0.2) is 4.39 Å². The minimum atomic E-state index is -0.640. The first-order valence-electron chi connectivity index (χ1n) is 9.99. The second-order valence-corrected chi connectivity index (χ2v) is 8.35. The summed E-state index contributed by atoms with van der Waals surface area (Å²) < 4.78 is 19.5. The fourth-order valence-electron chi connectivity index (χ4n) is 4.38. The van der Waals surface area contributed by atoms with Crippen LogP contribution in [0.25, 0.3) is 0 Å². The maximum atomic E-state index is 13.1. The lowest BCUT2D eigenvalue weighted by atomic mass is 9.81. The van der Waals surface area contributed by atoms with Crippen molar-refractivity contribution >= 4 is 0 Å². The molecule has 0 radical (unpaired) electrons. The van der Waals surface area contributed by atoms with E-state index in [0.717, 1.165) is 42.8 Å². The molecule has 0 unspecified atom stereocenters. The average Bonchev–Trinajstić information content (AvgIpc) is 2.66. The molecule has 2 aromatic rings. The summed E-state index contributed by atoms with van der Waals surface area (Å²) in [6.45, 7) is 6.22. The van der Waals surface area contributed by atoms with Crippen molar-refractivity contribution in [1.29, 1.82) is 0 Å². The Morgan fingerprint density at radius 3 is 2.46 bits per heavy atom. The molecule has 0 aromatic heterocycles. The highest BCUT2D eigenvalue weighted by Gasteiger charge is 2.43. The van der Waals surface area contributed by atoms with Crippen molar-refractivity contribution in [3.8, 4) is 5.75 Å². The Bertz CT molecular complexity index is 844. The SMILES string of the molecule is Cc1cc2c(cc1C)[C@H](O)CC1(CCN(C[C@H](O)c3ccc(F)cc3)CC1)O2. The molecule has 0 amide bonds. The number of β-amino-alcohol motifs (C(OH)–C–C–N with tert-alkyl or cyclic N) is 1. The lowest BCUT2D eigenvalue weighted by molar-refractivity contribution is -0.0588. The summed E-state index contributed by atoms with van der Waals surface area (Å²) in [5.74, 6) is 0.510. The maximum absolute atomic E-state index is 13.1. The lowest BCUT2D eigenvalue weighted by Crippen LogP contribution is -2.51. The molecule has 0 saturated carbocycles. The highest BCUT2D eigenvalue weighted by atomic mass is 19.1. The fraction of sp³-hybridized carbons (Fsp3) is 0.478. The van der Waals surface area contributed by atoms with Crippen LogP contribution in [-0.2, 0) is 0 Å². The highest BCUT2D eigenvalue weighted by Crippen LogP contribution is 2.45. The number of hydrogen-bond acceptors (Lipinski definition) is 4. The zero-order chi connectivity index (χ0) is 19.9. The van der Waals surface area contributed by atoms with Gasteiger partial charge >= 0.3 is 0 Å². The Balaban J connectivity index is 1.41. The second kappa shape index (κ2) is 7.47. The number of aliphatic hydroxyl groups excluding tert-OH is 2. The average molecular weight is 385 g/mol. The first kappa shape index (κ1) is 19.4. The van der Waals surface area contributed by atoms with Gasteiger partial charge < -0.3 is 19.8 Å². The third-order valence-corrected chi connectivity index (χ3v) is 6.33. The fourth-order valence-corrected chi connectivity index (χ4v) is 4.38. The van der Waals surface area contributed by atoms with E-state index in [4.69, 9.17) is 4.74 Å². The number of piperidine rings is 1. The van der Waals surface area contributed by atoms with E-state index in [0.29, 0.717) is 13.0 Å². The van der Waals surface area contributed by atoms with Crippen LogP contribution in [0.5, 0.6) is 5.75 Å². The molecule has 2 aliphatic rings. The van der Waals surface area contributed by atoms with Crippen LogP contribution in [0.1, 0.15) is 53.7 Å². The first-order chi connectivity index (χ1) is 13.3. The van der Waals surface area contributed by atoms with Gasteiger partial charge in [0.05, 0.1) is 12.2 Å². The zero-order valence-corrected chi connectivity index (χ0v) is 16.5. The summed E-state index contributed by atoms with van der Waals surface area (Å²) >= 11 is 0. The van der Waals surface area contributed by atoms with Crippen molar-refractivity contribution in [3.63, 3.8) is 0 Å². The number of hydrogen-bond donors (Lipinski definition) is 2. The molecule has 4 nitrogen and oxygen atoms in total. The molecule has 2 heterocycles. The van der Waals surface area contributed by atoms with E-state index in [1.54, 1.807) is 12.1 Å². The quantitative estimate of drug-likeness (QED) is 0.843. The molecule has 1 spiro atoms. The van der Waals surface area contributed by atoms with Crippen LogP contribution in [0.2, 0.25) is 0 Å². The minimum Gasteiger partial charge on any atom is -0.487 e. The lowest BCUT2D eigenvalue weighted by Gasteiger charge is -2.46. The first-order valence-corrected chi connectivity index (χ1v) is 9.99. The monoisotopic (exact) mass is 385 g/mol. The molecule has 1 saturated heterocycles. The summed E-state index contributed by atoms with van der Waals surface area (Å²) in [5.41, 5.74) is 3.62. The van der Waals surface area contributed by atoms with Crippen LogP contribution in [0.4, 0.5) is 4.39 Å².